The lowest BCUT2D eigenvalue weighted by atomic mass is 9.87. The molecule has 1 aliphatic rings. The number of nitrogens with one attached hydrogen (secondary N) is 1. The molecule has 40 heavy (non-hydrogen) atoms. The van der Waals surface area contributed by atoms with Gasteiger partial charge >= 0.3 is 0 Å². The fourth-order valence-electron chi connectivity index (χ4n) is 5.34. The van der Waals surface area contributed by atoms with Gasteiger partial charge in [0.05, 0.1) is 49.2 Å². The lowest BCUT2D eigenvalue weighted by Crippen LogP contribution is -2.43. The molecule has 4 rings (SSSR count). The van der Waals surface area contributed by atoms with Crippen LogP contribution in [0.4, 0.5) is 0 Å². The summed E-state index contributed by atoms with van der Waals surface area (Å²) in [5.74, 6) is 3.80. The van der Waals surface area contributed by atoms with E-state index in [1.165, 1.54) is 0 Å². The highest BCUT2D eigenvalue weighted by atomic mass is 16.5. The Labute approximate surface area is 235 Å². The molecule has 9 nitrogen and oxygen atoms in total. The summed E-state index contributed by atoms with van der Waals surface area (Å²) in [6.45, 7) is 1.27. The highest BCUT2D eigenvalue weighted by Crippen LogP contribution is 2.47. The summed E-state index contributed by atoms with van der Waals surface area (Å²) in [5, 5.41) is 3.06. The summed E-state index contributed by atoms with van der Waals surface area (Å²) >= 11 is 0. The van der Waals surface area contributed by atoms with E-state index in [0.717, 1.165) is 28.0 Å². The van der Waals surface area contributed by atoms with Crippen LogP contribution in [0.3, 0.4) is 0 Å². The maximum absolute atomic E-state index is 13.2. The Morgan fingerprint density at radius 2 is 1.50 bits per heavy atom. The fraction of sp³-hybridized carbons (Fsp3) is 0.387. The molecule has 3 aromatic rings. The molecule has 0 spiro atoms. The first-order valence-corrected chi connectivity index (χ1v) is 13.1. The van der Waals surface area contributed by atoms with Crippen LogP contribution < -0.4 is 33.7 Å². The van der Waals surface area contributed by atoms with Gasteiger partial charge in [-0.15, -0.1) is 0 Å². The van der Waals surface area contributed by atoms with Crippen molar-refractivity contribution in [1.29, 1.82) is 0 Å². The molecule has 1 heterocycles. The van der Waals surface area contributed by atoms with Crippen LogP contribution in [0, 0.1) is 0 Å². The molecular formula is C31H38N2O7. The number of fused-ring (bicyclic) bond motifs is 1. The van der Waals surface area contributed by atoms with Crippen LogP contribution in [0.1, 0.15) is 28.3 Å². The third kappa shape index (κ3) is 6.04. The standard InChI is InChI=1S/C31H38N2O7/c1-35-25-10-8-7-9-21(25)18-32-29(34)19-33-14-13-22-23(17-28(38-4)31(40-6)30(22)39-5)24(33)15-20-11-12-26(36-2)27(16-20)37-3/h7-12,16-17,24H,13-15,18-19H2,1-6H3,(H,32,34). The molecule has 1 atom stereocenters. The number of carbonyl (C=O) groups is 1. The maximum atomic E-state index is 13.2. The van der Waals surface area contributed by atoms with Crippen molar-refractivity contribution in [2.45, 2.75) is 25.4 Å². The van der Waals surface area contributed by atoms with Crippen LogP contribution in [-0.2, 0) is 24.2 Å². The van der Waals surface area contributed by atoms with Crippen molar-refractivity contribution in [2.24, 2.45) is 0 Å². The molecule has 0 saturated heterocycles. The number of benzene rings is 3. The summed E-state index contributed by atoms with van der Waals surface area (Å²) in [5.41, 5.74) is 4.05. The number of ether oxygens (including phenoxy) is 6. The Hall–Kier alpha value is -4.11. The third-order valence-electron chi connectivity index (χ3n) is 7.31. The van der Waals surface area contributed by atoms with Crippen LogP contribution in [-0.4, -0.2) is 66.6 Å². The second-order valence-corrected chi connectivity index (χ2v) is 9.43. The normalized spacial score (nSPS) is 14.6. The highest BCUT2D eigenvalue weighted by Gasteiger charge is 2.34. The van der Waals surface area contributed by atoms with Crippen molar-refractivity contribution in [3.8, 4) is 34.5 Å². The smallest absolute Gasteiger partial charge is 0.234 e. The summed E-state index contributed by atoms with van der Waals surface area (Å²) in [4.78, 5) is 15.4. The van der Waals surface area contributed by atoms with Gasteiger partial charge in [-0.25, -0.2) is 0 Å². The Morgan fingerprint density at radius 3 is 2.17 bits per heavy atom. The monoisotopic (exact) mass is 550 g/mol. The quantitative estimate of drug-likeness (QED) is 0.359. The van der Waals surface area contributed by atoms with Gasteiger partial charge in [0.25, 0.3) is 0 Å². The topological polar surface area (TPSA) is 87.7 Å². The number of nitrogens with zero attached hydrogens (tertiary/aromatic N) is 1. The zero-order valence-corrected chi connectivity index (χ0v) is 24.0. The van der Waals surface area contributed by atoms with Crippen molar-refractivity contribution in [3.63, 3.8) is 0 Å². The molecule has 0 aliphatic carbocycles. The maximum Gasteiger partial charge on any atom is 0.234 e. The Morgan fingerprint density at radius 1 is 0.800 bits per heavy atom. The first-order valence-electron chi connectivity index (χ1n) is 13.1. The number of hydrogen-bond donors (Lipinski definition) is 1. The fourth-order valence-corrected chi connectivity index (χ4v) is 5.34. The molecule has 1 unspecified atom stereocenters. The minimum atomic E-state index is -0.132. The predicted octanol–water partition coefficient (Wildman–Crippen LogP) is 4.20. The number of carbonyl (C=O) groups excluding carboxylic acids is 1. The second-order valence-electron chi connectivity index (χ2n) is 9.43. The molecule has 0 saturated carbocycles. The number of para-hydroxylation sites is 1. The van der Waals surface area contributed by atoms with Crippen molar-refractivity contribution in [3.05, 3.63) is 70.8 Å². The molecule has 0 bridgehead atoms. The third-order valence-corrected chi connectivity index (χ3v) is 7.31. The second kappa shape index (κ2) is 13.3. The number of hydrogen-bond acceptors (Lipinski definition) is 8. The molecule has 0 radical (unpaired) electrons. The largest absolute Gasteiger partial charge is 0.496 e. The van der Waals surface area contributed by atoms with Gasteiger partial charge in [-0.2, -0.15) is 0 Å². The summed E-state index contributed by atoms with van der Waals surface area (Å²) in [6, 6.07) is 15.4. The molecule has 214 valence electrons. The first kappa shape index (κ1) is 28.9. The zero-order chi connectivity index (χ0) is 28.6. The Kier molecular flexibility index (Phi) is 9.60. The van der Waals surface area contributed by atoms with Crippen molar-refractivity contribution >= 4 is 5.91 Å². The van der Waals surface area contributed by atoms with E-state index in [4.69, 9.17) is 28.4 Å². The molecule has 1 N–H and O–H groups in total. The minimum absolute atomic E-state index is 0.0703. The van der Waals surface area contributed by atoms with E-state index in [2.05, 4.69) is 10.2 Å². The molecule has 3 aromatic carbocycles. The van der Waals surface area contributed by atoms with Crippen molar-refractivity contribution in [2.75, 3.05) is 55.7 Å². The van der Waals surface area contributed by atoms with Gasteiger partial charge in [0.1, 0.15) is 5.75 Å². The Balaban J connectivity index is 1.66. The Bertz CT molecular complexity index is 1330. The zero-order valence-electron chi connectivity index (χ0n) is 24.0. The van der Waals surface area contributed by atoms with Gasteiger partial charge in [-0.3, -0.25) is 9.69 Å². The van der Waals surface area contributed by atoms with E-state index in [1.54, 1.807) is 42.7 Å². The summed E-state index contributed by atoms with van der Waals surface area (Å²) < 4.78 is 33.6. The molecule has 0 aromatic heterocycles. The van der Waals surface area contributed by atoms with E-state index in [0.29, 0.717) is 54.7 Å². The van der Waals surface area contributed by atoms with E-state index in [9.17, 15) is 4.79 Å². The average molecular weight is 551 g/mol. The van der Waals surface area contributed by atoms with Crippen LogP contribution in [0.2, 0.25) is 0 Å². The molecule has 9 heteroatoms. The van der Waals surface area contributed by atoms with Crippen LogP contribution >= 0.6 is 0 Å². The van der Waals surface area contributed by atoms with E-state index in [1.807, 2.05) is 48.5 Å². The number of rotatable bonds is 12. The molecule has 1 amide bonds. The summed E-state index contributed by atoms with van der Waals surface area (Å²) in [6.07, 6.45) is 1.33. The summed E-state index contributed by atoms with van der Waals surface area (Å²) in [7, 11) is 9.72. The predicted molar refractivity (Wildman–Crippen MR) is 152 cm³/mol. The lowest BCUT2D eigenvalue weighted by molar-refractivity contribution is -0.123. The van der Waals surface area contributed by atoms with Gasteiger partial charge in [-0.05, 0) is 48.2 Å². The van der Waals surface area contributed by atoms with Gasteiger partial charge in [0, 0.05) is 30.3 Å². The molecular weight excluding hydrogens is 512 g/mol. The number of methoxy groups -OCH3 is 6. The van der Waals surface area contributed by atoms with Crippen molar-refractivity contribution in [1.82, 2.24) is 10.2 Å². The van der Waals surface area contributed by atoms with Crippen molar-refractivity contribution < 1.29 is 33.2 Å². The van der Waals surface area contributed by atoms with E-state index >= 15 is 0 Å². The van der Waals surface area contributed by atoms with E-state index in [-0.39, 0.29) is 18.5 Å². The number of amides is 1. The van der Waals surface area contributed by atoms with E-state index < -0.39 is 0 Å². The van der Waals surface area contributed by atoms with Crippen LogP contribution in [0.25, 0.3) is 0 Å². The van der Waals surface area contributed by atoms with Crippen LogP contribution in [0.5, 0.6) is 34.5 Å². The molecule has 0 fully saturated rings. The van der Waals surface area contributed by atoms with Crippen LogP contribution in [0.15, 0.2) is 48.5 Å². The SMILES string of the molecule is COc1ccccc1CNC(=O)CN1CCc2c(cc(OC)c(OC)c2OC)C1Cc1ccc(OC)c(OC)c1. The lowest BCUT2D eigenvalue weighted by Gasteiger charge is -2.38. The highest BCUT2D eigenvalue weighted by molar-refractivity contribution is 5.78. The average Bonchev–Trinajstić information content (AvgIpc) is 2.99. The molecule has 1 aliphatic heterocycles. The minimum Gasteiger partial charge on any atom is -0.496 e. The first-order chi connectivity index (χ1) is 19.5. The van der Waals surface area contributed by atoms with Gasteiger partial charge in [0.15, 0.2) is 23.0 Å². The van der Waals surface area contributed by atoms with Gasteiger partial charge in [0.2, 0.25) is 11.7 Å². The van der Waals surface area contributed by atoms with Gasteiger partial charge in [-0.1, -0.05) is 24.3 Å². The van der Waals surface area contributed by atoms with Gasteiger partial charge < -0.3 is 33.7 Å².